The van der Waals surface area contributed by atoms with Crippen LogP contribution in [0.1, 0.15) is 17.2 Å². The number of aromatic nitrogens is 3. The van der Waals surface area contributed by atoms with Gasteiger partial charge in [-0.25, -0.2) is 14.5 Å². The van der Waals surface area contributed by atoms with Crippen molar-refractivity contribution in [2.45, 2.75) is 26.4 Å². The van der Waals surface area contributed by atoms with Crippen LogP contribution >= 0.6 is 11.6 Å². The predicted molar refractivity (Wildman–Crippen MR) is 84.8 cm³/mol. The molecule has 2 aromatic rings. The number of benzene rings is 1. The van der Waals surface area contributed by atoms with Crippen LogP contribution in [0.2, 0.25) is 5.02 Å². The van der Waals surface area contributed by atoms with E-state index in [2.05, 4.69) is 15.4 Å². The fraction of sp³-hybridized carbons (Fsp3) is 0.400. The lowest BCUT2D eigenvalue weighted by Gasteiger charge is -2.27. The average Bonchev–Trinajstić information content (AvgIpc) is 3.11. The van der Waals surface area contributed by atoms with Crippen molar-refractivity contribution < 1.29 is 9.53 Å². The van der Waals surface area contributed by atoms with E-state index in [1.54, 1.807) is 11.0 Å². The van der Waals surface area contributed by atoms with Crippen molar-refractivity contribution in [2.75, 3.05) is 18.5 Å². The van der Waals surface area contributed by atoms with Crippen LogP contribution in [0.5, 0.6) is 5.75 Å². The first-order chi connectivity index (χ1) is 11.1. The molecule has 7 nitrogen and oxygen atoms in total. The van der Waals surface area contributed by atoms with Crippen LogP contribution < -0.4 is 10.1 Å². The van der Waals surface area contributed by atoms with Gasteiger partial charge in [0.2, 0.25) is 0 Å². The summed E-state index contributed by atoms with van der Waals surface area (Å²) >= 11 is 6.13. The molecule has 0 saturated carbocycles. The zero-order valence-electron chi connectivity index (χ0n) is 12.7. The van der Waals surface area contributed by atoms with Crippen molar-refractivity contribution >= 4 is 23.3 Å². The summed E-state index contributed by atoms with van der Waals surface area (Å²) in [5.74, 6) is 2.25. The highest BCUT2D eigenvalue weighted by atomic mass is 35.5. The molecule has 1 N–H and O–H groups in total. The number of aryl methyl sites for hydroxylation is 1. The molecule has 2 amide bonds. The van der Waals surface area contributed by atoms with Crippen LogP contribution in [0, 0.1) is 6.92 Å². The maximum Gasteiger partial charge on any atom is 0.322 e. The largest absolute Gasteiger partial charge is 0.491 e. The van der Waals surface area contributed by atoms with Crippen molar-refractivity contribution in [2.24, 2.45) is 0 Å². The number of nitrogens with zero attached hydrogens (tertiary/aromatic N) is 4. The van der Waals surface area contributed by atoms with Crippen molar-refractivity contribution in [3.05, 3.63) is 34.4 Å². The number of carbonyl (C=O) groups excluding carboxylic acids is 1. The molecule has 2 aliphatic rings. The van der Waals surface area contributed by atoms with E-state index in [1.807, 2.05) is 17.7 Å². The number of anilines is 1. The molecular formula is C15H16ClN5O2. The molecule has 1 aromatic carbocycles. The normalized spacial score (nSPS) is 15.8. The maximum absolute atomic E-state index is 12.6. The highest BCUT2D eigenvalue weighted by molar-refractivity contribution is 6.31. The van der Waals surface area contributed by atoms with E-state index in [9.17, 15) is 4.79 Å². The summed E-state index contributed by atoms with van der Waals surface area (Å²) in [5, 5.41) is 7.80. The molecule has 0 atom stereocenters. The number of nitrogens with one attached hydrogen (secondary N) is 1. The smallest absolute Gasteiger partial charge is 0.322 e. The van der Waals surface area contributed by atoms with Crippen LogP contribution in [-0.2, 0) is 19.5 Å². The Morgan fingerprint density at radius 3 is 3.13 bits per heavy atom. The molecule has 0 radical (unpaired) electrons. The molecule has 1 aromatic heterocycles. The molecule has 2 aliphatic heterocycles. The second-order valence-electron chi connectivity index (χ2n) is 5.69. The summed E-state index contributed by atoms with van der Waals surface area (Å²) in [6.45, 7) is 4.14. The van der Waals surface area contributed by atoms with Gasteiger partial charge < -0.3 is 15.0 Å². The molecule has 120 valence electrons. The van der Waals surface area contributed by atoms with E-state index in [-0.39, 0.29) is 6.03 Å². The minimum absolute atomic E-state index is 0.183. The topological polar surface area (TPSA) is 72.3 Å². The standard InChI is InChI=1S/C15H16ClN5O2/c1-9-17-13-8-20(3-4-21(13)19-9)15(22)18-12-7-11(16)6-10-2-5-23-14(10)12/h6-7H,2-5,8H2,1H3,(H,18,22). The monoisotopic (exact) mass is 333 g/mol. The molecule has 4 rings (SSSR count). The summed E-state index contributed by atoms with van der Waals surface area (Å²) in [7, 11) is 0. The Labute approximate surface area is 138 Å². The molecule has 8 heteroatoms. The number of urea groups is 1. The highest BCUT2D eigenvalue weighted by Crippen LogP contribution is 2.36. The SMILES string of the molecule is Cc1nc2n(n1)CCN(C(=O)Nc1cc(Cl)cc3c1OCC3)C2. The molecule has 0 fully saturated rings. The number of amides is 2. The Morgan fingerprint density at radius 2 is 2.26 bits per heavy atom. The third-order valence-electron chi connectivity index (χ3n) is 4.05. The van der Waals surface area contributed by atoms with Gasteiger partial charge in [-0.2, -0.15) is 5.10 Å². The van der Waals surface area contributed by atoms with Crippen molar-refractivity contribution in [3.63, 3.8) is 0 Å². The fourth-order valence-electron chi connectivity index (χ4n) is 2.99. The lowest BCUT2D eigenvalue weighted by Crippen LogP contribution is -2.41. The van der Waals surface area contributed by atoms with E-state index < -0.39 is 0 Å². The minimum Gasteiger partial charge on any atom is -0.491 e. The number of halogens is 1. The number of ether oxygens (including phenoxy) is 1. The van der Waals surface area contributed by atoms with E-state index >= 15 is 0 Å². The maximum atomic E-state index is 12.6. The first kappa shape index (κ1) is 14.3. The third-order valence-corrected chi connectivity index (χ3v) is 4.26. The quantitative estimate of drug-likeness (QED) is 0.868. The van der Waals surface area contributed by atoms with E-state index in [0.717, 1.165) is 29.4 Å². The zero-order valence-corrected chi connectivity index (χ0v) is 13.4. The number of hydrogen-bond acceptors (Lipinski definition) is 4. The van der Waals surface area contributed by atoms with Crippen molar-refractivity contribution in [1.82, 2.24) is 19.7 Å². The lowest BCUT2D eigenvalue weighted by atomic mass is 10.1. The van der Waals surface area contributed by atoms with Crippen molar-refractivity contribution in [1.29, 1.82) is 0 Å². The summed E-state index contributed by atoms with van der Waals surface area (Å²) in [6.07, 6.45) is 0.810. The molecule has 0 bridgehead atoms. The first-order valence-corrected chi connectivity index (χ1v) is 7.89. The fourth-order valence-corrected chi connectivity index (χ4v) is 3.23. The van der Waals surface area contributed by atoms with E-state index in [0.29, 0.717) is 37.0 Å². The van der Waals surface area contributed by atoms with Gasteiger partial charge in [-0.05, 0) is 19.1 Å². The third kappa shape index (κ3) is 2.61. The Hall–Kier alpha value is -2.28. The van der Waals surface area contributed by atoms with Gasteiger partial charge >= 0.3 is 6.03 Å². The second kappa shape index (κ2) is 5.42. The van der Waals surface area contributed by atoms with Crippen molar-refractivity contribution in [3.8, 4) is 5.75 Å². The van der Waals surface area contributed by atoms with E-state index in [1.165, 1.54) is 0 Å². The van der Waals surface area contributed by atoms with E-state index in [4.69, 9.17) is 16.3 Å². The minimum atomic E-state index is -0.183. The number of rotatable bonds is 1. The summed E-state index contributed by atoms with van der Waals surface area (Å²) in [6, 6.07) is 3.42. The van der Waals surface area contributed by atoms with Gasteiger partial charge in [0.15, 0.2) is 0 Å². The Kier molecular flexibility index (Phi) is 3.37. The second-order valence-corrected chi connectivity index (χ2v) is 6.13. The van der Waals surface area contributed by atoms with Crippen LogP contribution in [-0.4, -0.2) is 38.8 Å². The number of hydrogen-bond donors (Lipinski definition) is 1. The first-order valence-electron chi connectivity index (χ1n) is 7.51. The van der Waals surface area contributed by atoms with Crippen LogP contribution in [0.25, 0.3) is 0 Å². The Balaban J connectivity index is 1.53. The highest BCUT2D eigenvalue weighted by Gasteiger charge is 2.25. The number of carbonyl (C=O) groups is 1. The van der Waals surface area contributed by atoms with Crippen LogP contribution in [0.4, 0.5) is 10.5 Å². The lowest BCUT2D eigenvalue weighted by molar-refractivity contribution is 0.193. The summed E-state index contributed by atoms with van der Waals surface area (Å²) in [4.78, 5) is 18.6. The zero-order chi connectivity index (χ0) is 16.0. The van der Waals surface area contributed by atoms with Gasteiger partial charge in [0.05, 0.1) is 25.4 Å². The molecule has 23 heavy (non-hydrogen) atoms. The van der Waals surface area contributed by atoms with Gasteiger partial charge in [-0.15, -0.1) is 0 Å². The van der Waals surface area contributed by atoms with Crippen LogP contribution in [0.3, 0.4) is 0 Å². The van der Waals surface area contributed by atoms with Crippen LogP contribution in [0.15, 0.2) is 12.1 Å². The molecule has 0 unspecified atom stereocenters. The molecule has 0 aliphatic carbocycles. The number of fused-ring (bicyclic) bond motifs is 2. The Bertz CT molecular complexity index is 788. The predicted octanol–water partition coefficient (Wildman–Crippen LogP) is 2.22. The molecular weight excluding hydrogens is 318 g/mol. The van der Waals surface area contributed by atoms with Gasteiger partial charge in [0.25, 0.3) is 0 Å². The summed E-state index contributed by atoms with van der Waals surface area (Å²) in [5.41, 5.74) is 1.65. The molecule has 3 heterocycles. The Morgan fingerprint density at radius 1 is 1.39 bits per heavy atom. The molecule has 0 spiro atoms. The molecule has 0 saturated heterocycles. The van der Waals surface area contributed by atoms with Gasteiger partial charge in [0.1, 0.15) is 17.4 Å². The van der Waals surface area contributed by atoms with Gasteiger partial charge in [-0.3, -0.25) is 0 Å². The van der Waals surface area contributed by atoms with Gasteiger partial charge in [-0.1, -0.05) is 11.6 Å². The summed E-state index contributed by atoms with van der Waals surface area (Å²) < 4.78 is 7.46. The average molecular weight is 334 g/mol. The van der Waals surface area contributed by atoms with Gasteiger partial charge in [0, 0.05) is 23.6 Å².